The number of rotatable bonds is 6. The lowest BCUT2D eigenvalue weighted by Gasteiger charge is -2.34. The zero-order chi connectivity index (χ0) is 22.7. The lowest BCUT2D eigenvalue weighted by atomic mass is 10.3. The minimum Gasteiger partial charge on any atom is -0.457 e. The zero-order valence-corrected chi connectivity index (χ0v) is 18.5. The molecule has 0 N–H and O–H groups in total. The van der Waals surface area contributed by atoms with Crippen molar-refractivity contribution in [3.8, 4) is 17.3 Å². The third-order valence-electron chi connectivity index (χ3n) is 5.41. The molecule has 0 amide bonds. The fourth-order valence-electron chi connectivity index (χ4n) is 3.66. The van der Waals surface area contributed by atoms with Gasteiger partial charge in [0.15, 0.2) is 0 Å². The van der Waals surface area contributed by atoms with E-state index in [4.69, 9.17) is 4.74 Å². The number of imidazole rings is 1. The number of sulfonamides is 1. The van der Waals surface area contributed by atoms with E-state index in [1.165, 1.54) is 10.6 Å². The Morgan fingerprint density at radius 3 is 2.21 bits per heavy atom. The molecular formula is C23H22N6O3S. The van der Waals surface area contributed by atoms with E-state index in [1.807, 2.05) is 42.6 Å². The van der Waals surface area contributed by atoms with E-state index in [2.05, 4.69) is 19.9 Å². The second-order valence-electron chi connectivity index (χ2n) is 7.48. The molecule has 10 heteroatoms. The maximum Gasteiger partial charge on any atom is 0.243 e. The van der Waals surface area contributed by atoms with Crippen LogP contribution in [0, 0.1) is 0 Å². The van der Waals surface area contributed by atoms with Crippen molar-refractivity contribution in [2.24, 2.45) is 0 Å². The van der Waals surface area contributed by atoms with Crippen LogP contribution in [-0.4, -0.2) is 58.4 Å². The Hall–Kier alpha value is -3.76. The van der Waals surface area contributed by atoms with Crippen LogP contribution in [0.4, 0.5) is 5.82 Å². The molecule has 0 saturated carbocycles. The van der Waals surface area contributed by atoms with Crippen LogP contribution in [0.1, 0.15) is 0 Å². The Morgan fingerprint density at radius 1 is 0.818 bits per heavy atom. The van der Waals surface area contributed by atoms with Crippen molar-refractivity contribution < 1.29 is 13.2 Å². The summed E-state index contributed by atoms with van der Waals surface area (Å²) in [7, 11) is -3.59. The number of aromatic nitrogens is 4. The molecule has 1 fully saturated rings. The Labute approximate surface area is 192 Å². The largest absolute Gasteiger partial charge is 0.457 e. The van der Waals surface area contributed by atoms with E-state index in [9.17, 15) is 8.42 Å². The third kappa shape index (κ3) is 4.57. The molecule has 168 valence electrons. The van der Waals surface area contributed by atoms with Crippen molar-refractivity contribution in [2.45, 2.75) is 4.90 Å². The van der Waals surface area contributed by atoms with E-state index in [0.29, 0.717) is 43.5 Å². The molecule has 1 saturated heterocycles. The number of para-hydroxylation sites is 1. The first-order valence-electron chi connectivity index (χ1n) is 10.5. The number of benzene rings is 2. The molecule has 2 aromatic carbocycles. The van der Waals surface area contributed by atoms with Crippen LogP contribution in [0.25, 0.3) is 5.82 Å². The summed E-state index contributed by atoms with van der Waals surface area (Å²) in [5.74, 6) is 2.76. The van der Waals surface area contributed by atoms with Gasteiger partial charge in [-0.2, -0.15) is 4.31 Å². The number of hydrogen-bond acceptors (Lipinski definition) is 7. The van der Waals surface area contributed by atoms with Gasteiger partial charge in [0.05, 0.1) is 4.90 Å². The molecule has 0 atom stereocenters. The zero-order valence-electron chi connectivity index (χ0n) is 17.7. The number of anilines is 1. The maximum absolute atomic E-state index is 13.1. The van der Waals surface area contributed by atoms with Gasteiger partial charge in [-0.1, -0.05) is 18.2 Å². The van der Waals surface area contributed by atoms with E-state index >= 15 is 0 Å². The molecular weight excluding hydrogens is 440 g/mol. The number of piperazine rings is 1. The summed E-state index contributed by atoms with van der Waals surface area (Å²) in [6.07, 6.45) is 6.68. The second-order valence-corrected chi connectivity index (χ2v) is 9.42. The van der Waals surface area contributed by atoms with Gasteiger partial charge in [0.1, 0.15) is 35.8 Å². The third-order valence-corrected chi connectivity index (χ3v) is 7.32. The van der Waals surface area contributed by atoms with Crippen LogP contribution in [0.15, 0.2) is 90.6 Å². The second kappa shape index (κ2) is 9.00. The first-order valence-corrected chi connectivity index (χ1v) is 11.9. The summed E-state index contributed by atoms with van der Waals surface area (Å²) in [6, 6.07) is 17.8. The van der Waals surface area contributed by atoms with Gasteiger partial charge >= 0.3 is 0 Å². The minimum absolute atomic E-state index is 0.251. The molecule has 0 bridgehead atoms. The highest BCUT2D eigenvalue weighted by atomic mass is 32.2. The SMILES string of the molecule is O=S(=O)(c1ccc(Oc2ccccc2)cc1)N1CCN(c2cc(-n3ccnc3)ncn2)CC1. The molecule has 9 nitrogen and oxygen atoms in total. The van der Waals surface area contributed by atoms with Gasteiger partial charge in [0.25, 0.3) is 0 Å². The highest BCUT2D eigenvalue weighted by molar-refractivity contribution is 7.89. The Bertz CT molecular complexity index is 1300. The first kappa shape index (κ1) is 21.1. The summed E-state index contributed by atoms with van der Waals surface area (Å²) in [5, 5.41) is 0. The Kier molecular flexibility index (Phi) is 5.76. The highest BCUT2D eigenvalue weighted by Crippen LogP contribution is 2.25. The highest BCUT2D eigenvalue weighted by Gasteiger charge is 2.29. The average molecular weight is 463 g/mol. The first-order chi connectivity index (χ1) is 16.1. The van der Waals surface area contributed by atoms with Crippen molar-refractivity contribution >= 4 is 15.8 Å². The van der Waals surface area contributed by atoms with Crippen LogP contribution in [0.5, 0.6) is 11.5 Å². The summed E-state index contributed by atoms with van der Waals surface area (Å²) in [6.45, 7) is 1.81. The van der Waals surface area contributed by atoms with Crippen LogP contribution < -0.4 is 9.64 Å². The predicted molar refractivity (Wildman–Crippen MR) is 123 cm³/mol. The molecule has 2 aromatic heterocycles. The molecule has 5 rings (SSSR count). The molecule has 1 aliphatic rings. The van der Waals surface area contributed by atoms with Gasteiger partial charge in [0.2, 0.25) is 10.0 Å². The fraction of sp³-hybridized carbons (Fsp3) is 0.174. The van der Waals surface area contributed by atoms with Crippen molar-refractivity contribution in [3.63, 3.8) is 0 Å². The van der Waals surface area contributed by atoms with Gasteiger partial charge in [-0.3, -0.25) is 4.57 Å². The fourth-order valence-corrected chi connectivity index (χ4v) is 5.08. The molecule has 0 radical (unpaired) electrons. The van der Waals surface area contributed by atoms with Crippen molar-refractivity contribution in [3.05, 3.63) is 85.7 Å². The molecule has 0 unspecified atom stereocenters. The lowest BCUT2D eigenvalue weighted by Crippen LogP contribution is -2.48. The molecule has 0 spiro atoms. The van der Waals surface area contributed by atoms with E-state index < -0.39 is 10.0 Å². The molecule has 4 aromatic rings. The van der Waals surface area contributed by atoms with E-state index in [1.54, 1.807) is 41.4 Å². The van der Waals surface area contributed by atoms with Crippen molar-refractivity contribution in [1.29, 1.82) is 0 Å². The maximum atomic E-state index is 13.1. The van der Waals surface area contributed by atoms with Crippen LogP contribution in [-0.2, 0) is 10.0 Å². The molecule has 33 heavy (non-hydrogen) atoms. The number of hydrogen-bond donors (Lipinski definition) is 0. The summed E-state index contributed by atoms with van der Waals surface area (Å²) >= 11 is 0. The normalized spacial score (nSPS) is 14.8. The Morgan fingerprint density at radius 2 is 1.52 bits per heavy atom. The quantitative estimate of drug-likeness (QED) is 0.435. The number of nitrogens with zero attached hydrogens (tertiary/aromatic N) is 6. The van der Waals surface area contributed by atoms with Gasteiger partial charge < -0.3 is 9.64 Å². The Balaban J connectivity index is 1.24. The smallest absolute Gasteiger partial charge is 0.243 e. The van der Waals surface area contributed by atoms with Gasteiger partial charge in [0, 0.05) is 44.6 Å². The van der Waals surface area contributed by atoms with Gasteiger partial charge in [-0.05, 0) is 36.4 Å². The number of ether oxygens (including phenoxy) is 1. The lowest BCUT2D eigenvalue weighted by molar-refractivity contribution is 0.383. The predicted octanol–water partition coefficient (Wildman–Crippen LogP) is 2.97. The minimum atomic E-state index is -3.59. The monoisotopic (exact) mass is 462 g/mol. The molecule has 1 aliphatic heterocycles. The van der Waals surface area contributed by atoms with E-state index in [0.717, 1.165) is 5.82 Å². The van der Waals surface area contributed by atoms with Crippen LogP contribution in [0.2, 0.25) is 0 Å². The average Bonchev–Trinajstić information content (AvgIpc) is 3.41. The standard InChI is InChI=1S/C23H22N6O3S/c30-33(31,21-8-6-20(7-9-21)32-19-4-2-1-3-5-19)29-14-12-27(13-15-29)22-16-23(26-17-25-22)28-11-10-24-18-28/h1-11,16-18H,12-15H2. The van der Waals surface area contributed by atoms with Crippen LogP contribution in [0.3, 0.4) is 0 Å². The summed E-state index contributed by atoms with van der Waals surface area (Å²) in [5.41, 5.74) is 0. The van der Waals surface area contributed by atoms with E-state index in [-0.39, 0.29) is 4.90 Å². The van der Waals surface area contributed by atoms with Gasteiger partial charge in [-0.15, -0.1) is 0 Å². The van der Waals surface area contributed by atoms with Crippen molar-refractivity contribution in [1.82, 2.24) is 23.8 Å². The molecule has 3 heterocycles. The van der Waals surface area contributed by atoms with Crippen LogP contribution >= 0.6 is 0 Å². The topological polar surface area (TPSA) is 93.5 Å². The summed E-state index contributed by atoms with van der Waals surface area (Å²) < 4.78 is 35.3. The summed E-state index contributed by atoms with van der Waals surface area (Å²) in [4.78, 5) is 15.0. The van der Waals surface area contributed by atoms with Gasteiger partial charge in [-0.25, -0.2) is 23.4 Å². The van der Waals surface area contributed by atoms with Crippen molar-refractivity contribution in [2.75, 3.05) is 31.1 Å². The molecule has 0 aliphatic carbocycles.